The molecule has 89 heavy (non-hydrogen) atoms. The first-order valence-corrected chi connectivity index (χ1v) is 30.5. The zero-order chi connectivity index (χ0) is 66.7. The van der Waals surface area contributed by atoms with Crippen LogP contribution in [0.4, 0.5) is 17.6 Å². The third kappa shape index (κ3) is 21.3. The number of pyridine rings is 2. The van der Waals surface area contributed by atoms with Crippen molar-refractivity contribution in [3.8, 4) is 22.3 Å². The zero-order valence-electron chi connectivity index (χ0n) is 54.9. The number of carboxylic acids is 1. The van der Waals surface area contributed by atoms with Gasteiger partial charge in [-0.25, -0.2) is 22.4 Å². The van der Waals surface area contributed by atoms with Gasteiger partial charge in [0.1, 0.15) is 17.7 Å². The normalized spacial score (nSPS) is 12.7. The minimum Gasteiger partial charge on any atom is -0.480 e. The zero-order valence-corrected chi connectivity index (χ0v) is 54.9. The molecule has 0 radical (unpaired) electrons. The number of carbonyl (C=O) groups excluding carboxylic acids is 3. The van der Waals surface area contributed by atoms with Gasteiger partial charge in [0, 0.05) is 49.4 Å². The van der Waals surface area contributed by atoms with E-state index in [0.29, 0.717) is 53.7 Å². The lowest BCUT2D eigenvalue weighted by Gasteiger charge is -2.25. The van der Waals surface area contributed by atoms with Crippen molar-refractivity contribution in [1.82, 2.24) is 18.9 Å². The first-order valence-electron chi connectivity index (χ1n) is 30.5. The van der Waals surface area contributed by atoms with Gasteiger partial charge in [-0.05, 0) is 230 Å². The number of rotatable bonds is 26. The van der Waals surface area contributed by atoms with Gasteiger partial charge in [-0.15, -0.1) is 0 Å². The number of carboxylic acid groups (broad SMARTS) is 1. The number of aromatic nitrogens is 2. The highest BCUT2D eigenvalue weighted by molar-refractivity contribution is 5.85. The van der Waals surface area contributed by atoms with E-state index in [1.807, 2.05) is 136 Å². The van der Waals surface area contributed by atoms with Gasteiger partial charge in [0.25, 0.3) is 11.1 Å². The van der Waals surface area contributed by atoms with Gasteiger partial charge in [0.15, 0.2) is 17.4 Å². The molecule has 0 fully saturated rings. The van der Waals surface area contributed by atoms with Crippen molar-refractivity contribution in [2.45, 2.75) is 152 Å². The largest absolute Gasteiger partial charge is 0.480 e. The quantitative estimate of drug-likeness (QED) is 0.0388. The summed E-state index contributed by atoms with van der Waals surface area (Å²) in [6.45, 7) is 24.2. The predicted molar refractivity (Wildman–Crippen MR) is 344 cm³/mol. The molecule has 0 aliphatic carbocycles. The molecule has 0 saturated carbocycles. The molecule has 2 aromatic heterocycles. The van der Waals surface area contributed by atoms with Crippen molar-refractivity contribution in [3.05, 3.63) is 185 Å². The van der Waals surface area contributed by atoms with Crippen molar-refractivity contribution in [2.24, 2.45) is 17.6 Å². The van der Waals surface area contributed by atoms with Gasteiger partial charge >= 0.3 is 17.9 Å². The van der Waals surface area contributed by atoms with Gasteiger partial charge in [0.2, 0.25) is 0 Å². The summed E-state index contributed by atoms with van der Waals surface area (Å²) in [5.74, 6) is -5.88. The molecular formula is C71H93F4N5O9. The minimum absolute atomic E-state index is 0.000751. The monoisotopic (exact) mass is 1240 g/mol. The number of aliphatic carboxylic acids is 1. The third-order valence-electron chi connectivity index (χ3n) is 15.3. The highest BCUT2D eigenvalue weighted by Gasteiger charge is 2.32. The molecule has 2 unspecified atom stereocenters. The molecule has 4 aromatic carbocycles. The molecule has 3 N–H and O–H groups in total. The topological polar surface area (TPSA) is 183 Å². The number of nitrogens with zero attached hydrogens (tertiary/aromatic N) is 4. The number of halogens is 4. The van der Waals surface area contributed by atoms with Crippen LogP contribution in [-0.4, -0.2) is 102 Å². The summed E-state index contributed by atoms with van der Waals surface area (Å²) in [6.07, 6.45) is 4.16. The van der Waals surface area contributed by atoms with Crippen LogP contribution in [0, 0.1) is 76.6 Å². The summed E-state index contributed by atoms with van der Waals surface area (Å²) in [4.78, 5) is 78.8. The van der Waals surface area contributed by atoms with Crippen molar-refractivity contribution >= 4 is 23.7 Å². The number of likely N-dealkylation sites (N-methyl/N-ethyl adjacent to an activating group) is 2. The molecule has 6 rings (SSSR count). The van der Waals surface area contributed by atoms with E-state index in [1.165, 1.54) is 22.9 Å². The average Bonchev–Trinajstić information content (AvgIpc) is 2.46. The maximum Gasteiger partial charge on any atom is 0.326 e. The van der Waals surface area contributed by atoms with E-state index in [0.717, 1.165) is 49.1 Å². The lowest BCUT2D eigenvalue weighted by Crippen LogP contribution is -2.34. The van der Waals surface area contributed by atoms with Gasteiger partial charge in [-0.3, -0.25) is 28.5 Å². The Morgan fingerprint density at radius 2 is 0.933 bits per heavy atom. The van der Waals surface area contributed by atoms with Gasteiger partial charge in [0.05, 0.1) is 32.1 Å². The second-order valence-corrected chi connectivity index (χ2v) is 24.5. The first kappa shape index (κ1) is 73.9. The number of esters is 2. The van der Waals surface area contributed by atoms with E-state index in [9.17, 15) is 47.0 Å². The Morgan fingerprint density at radius 1 is 0.551 bits per heavy atom. The number of benzene rings is 4. The summed E-state index contributed by atoms with van der Waals surface area (Å²) in [6, 6.07) is 18.7. The Labute approximate surface area is 523 Å². The lowest BCUT2D eigenvalue weighted by atomic mass is 9.84. The number of nitrogens with two attached hydrogens (primary N) is 1. The van der Waals surface area contributed by atoms with Crippen molar-refractivity contribution < 1.29 is 51.3 Å². The molecule has 6 aromatic rings. The van der Waals surface area contributed by atoms with E-state index in [2.05, 4.69) is 0 Å². The highest BCUT2D eigenvalue weighted by Crippen LogP contribution is 2.38. The van der Waals surface area contributed by atoms with Gasteiger partial charge < -0.3 is 34.7 Å². The molecule has 0 saturated heterocycles. The average molecular weight is 1240 g/mol. The number of hydrogen-bond donors (Lipinski definition) is 2. The number of hydrogen-bond acceptors (Lipinski definition) is 11. The van der Waals surface area contributed by atoms with Crippen LogP contribution in [-0.2, 0) is 41.5 Å². The molecule has 0 amide bonds. The van der Waals surface area contributed by atoms with Gasteiger partial charge in [-0.2, -0.15) is 0 Å². The minimum atomic E-state index is -1.12. The summed E-state index contributed by atoms with van der Waals surface area (Å²) in [5, 5.41) is 9.31. The molecular weight excluding hydrogens is 1140 g/mol. The Kier molecular flexibility index (Phi) is 28.6. The van der Waals surface area contributed by atoms with Crippen molar-refractivity contribution in [2.75, 3.05) is 54.5 Å². The molecule has 2 heterocycles. The Balaban J connectivity index is 0.000000316. The van der Waals surface area contributed by atoms with Crippen LogP contribution in [0.2, 0.25) is 0 Å². The summed E-state index contributed by atoms with van der Waals surface area (Å²) in [5.41, 5.74) is 15.1. The molecule has 0 aliphatic rings. The summed E-state index contributed by atoms with van der Waals surface area (Å²) < 4.78 is 71.5. The fourth-order valence-corrected chi connectivity index (χ4v) is 10.9. The molecule has 484 valence electrons. The predicted octanol–water partition coefficient (Wildman–Crippen LogP) is 13.2. The number of carbonyl (C=O) groups is 4. The molecule has 0 bridgehead atoms. The highest BCUT2D eigenvalue weighted by atomic mass is 19.1. The van der Waals surface area contributed by atoms with Crippen molar-refractivity contribution in [1.29, 1.82) is 0 Å². The van der Waals surface area contributed by atoms with E-state index in [-0.39, 0.29) is 74.3 Å². The third-order valence-corrected chi connectivity index (χ3v) is 15.3. The number of ether oxygens (including phenoxy) is 2. The maximum atomic E-state index is 15.9. The second kappa shape index (κ2) is 34.4. The van der Waals surface area contributed by atoms with Gasteiger partial charge in [-0.1, -0.05) is 64.1 Å². The van der Waals surface area contributed by atoms with E-state index in [1.54, 1.807) is 52.1 Å². The van der Waals surface area contributed by atoms with E-state index in [4.69, 9.17) is 15.2 Å². The number of ketones is 1. The Morgan fingerprint density at radius 3 is 1.33 bits per heavy atom. The van der Waals surface area contributed by atoms with Crippen LogP contribution in [0.5, 0.6) is 0 Å². The Hall–Kier alpha value is -7.54. The lowest BCUT2D eigenvalue weighted by molar-refractivity contribution is -0.144. The van der Waals surface area contributed by atoms with Crippen LogP contribution in [0.3, 0.4) is 0 Å². The molecule has 0 spiro atoms. The fraction of sp³-hybridized carbons (Fsp3) is 0.465. The smallest absolute Gasteiger partial charge is 0.326 e. The van der Waals surface area contributed by atoms with Crippen LogP contribution < -0.4 is 16.9 Å². The maximum absolute atomic E-state index is 15.9. The number of Topliss-reactive ketones (excluding diaryl/α,β-unsaturated/α-hetero) is 1. The molecule has 0 aliphatic heterocycles. The fourth-order valence-electron chi connectivity index (χ4n) is 10.9. The number of aryl methyl sites for hydroxylation is 6. The second-order valence-electron chi connectivity index (χ2n) is 24.5. The SMILES string of the molecule is CC(C)CC(C(=O)O)n1cc(CCN(C)C)cc(F)c1=O.CCOC(=O)C[C@H](CC(=O)C(CC(C)C)n1cc(CCN(C)C)cc(F)c1=O)c1cc(-c2c(C)cccc2C)cc(C)c1F.CCOC(=O)C[C@H](N)c1cc(-c2c(C)cccc2C)cc(C)c1F. The summed E-state index contributed by atoms with van der Waals surface area (Å²) in [7, 11) is 7.59. The van der Waals surface area contributed by atoms with Crippen LogP contribution in [0.15, 0.2) is 94.8 Å². The Bertz CT molecular complexity index is 3500. The summed E-state index contributed by atoms with van der Waals surface area (Å²) >= 11 is 0. The molecule has 18 heteroatoms. The molecule has 14 nitrogen and oxygen atoms in total. The van der Waals surface area contributed by atoms with Crippen LogP contribution in [0.25, 0.3) is 22.3 Å². The van der Waals surface area contributed by atoms with E-state index >= 15 is 4.39 Å². The van der Waals surface area contributed by atoms with Crippen LogP contribution >= 0.6 is 0 Å². The van der Waals surface area contributed by atoms with Crippen molar-refractivity contribution in [3.63, 3.8) is 0 Å². The standard InChI is InChI=1S/C36H46F2N2O4.C20H24FNO2.C15H23FN2O3/c1-9-44-33(42)20-27(29-18-28(16-25(6)35(29)38)34-23(4)11-10-12-24(34)5)19-32(41)31(15-22(2)3)40-21-26(13-14-39(7)8)17-30(37)36(40)43;1-5-24-18(23)11-17(22)16-10-15(9-14(4)20(16)21)19-12(2)7-6-8-13(19)3;1-10(2)7-13(15(20)21)18-9-11(5-6-17(3)4)8-12(16)14(18)19/h10-12,16-18,21-22,27,31H,9,13-15,19-20H2,1-8H3;6-10,17H,5,11,22H2,1-4H3;8-10,13H,5-7H2,1-4H3,(H,20,21)/t27-,31?;17-;/m00./s1. The molecule has 4 atom stereocenters. The van der Waals surface area contributed by atoms with Crippen LogP contribution in [0.1, 0.15) is 153 Å². The first-order chi connectivity index (χ1) is 41.8. The van der Waals surface area contributed by atoms with E-state index < -0.39 is 70.5 Å².